The highest BCUT2D eigenvalue weighted by atomic mass is 32.2. The average molecular weight is 489 g/mol. The van der Waals surface area contributed by atoms with Crippen LogP contribution in [0.1, 0.15) is 35.9 Å². The Hall–Kier alpha value is -3.44. The average Bonchev–Trinajstić information content (AvgIpc) is 3.18. The number of hydrogen-bond donors (Lipinski definition) is 3. The lowest BCUT2D eigenvalue weighted by Gasteiger charge is -2.13. The highest BCUT2D eigenvalue weighted by molar-refractivity contribution is 7.92. The number of aromatic nitrogens is 1. The van der Waals surface area contributed by atoms with Crippen LogP contribution >= 0.6 is 12.2 Å². The Bertz CT molecular complexity index is 1220. The number of para-hydroxylation sites is 1. The maximum atomic E-state index is 12.6. The summed E-state index contributed by atoms with van der Waals surface area (Å²) < 4.78 is 37.8. The molecule has 0 fully saturated rings. The Kier molecular flexibility index (Phi) is 8.01. The summed E-state index contributed by atoms with van der Waals surface area (Å²) in [7, 11) is -3.83. The summed E-state index contributed by atoms with van der Waals surface area (Å²) in [4.78, 5) is 12.7. The molecule has 1 aromatic heterocycles. The number of unbranched alkanes of at least 4 members (excludes halogenated alkanes) is 1. The summed E-state index contributed by atoms with van der Waals surface area (Å²) in [6, 6.07) is 14.3. The van der Waals surface area contributed by atoms with Crippen LogP contribution in [0.5, 0.6) is 5.75 Å². The van der Waals surface area contributed by atoms with E-state index in [2.05, 4.69) is 27.4 Å². The van der Waals surface area contributed by atoms with Crippen LogP contribution < -0.4 is 20.1 Å². The van der Waals surface area contributed by atoms with Crippen molar-refractivity contribution in [2.45, 2.75) is 31.6 Å². The van der Waals surface area contributed by atoms with Crippen molar-refractivity contribution in [1.82, 2.24) is 10.5 Å². The molecule has 3 aromatic rings. The molecular formula is C22H24N4O5S2. The molecule has 0 saturated carbocycles. The van der Waals surface area contributed by atoms with Crippen LogP contribution in [-0.2, 0) is 10.0 Å². The van der Waals surface area contributed by atoms with E-state index in [0.717, 1.165) is 12.8 Å². The lowest BCUT2D eigenvalue weighted by atomic mass is 10.2. The van der Waals surface area contributed by atoms with Gasteiger partial charge in [0.2, 0.25) is 0 Å². The van der Waals surface area contributed by atoms with Crippen molar-refractivity contribution in [1.29, 1.82) is 0 Å². The number of amides is 1. The molecule has 174 valence electrons. The van der Waals surface area contributed by atoms with Gasteiger partial charge in [0, 0.05) is 11.8 Å². The Morgan fingerprint density at radius 1 is 1.15 bits per heavy atom. The number of benzene rings is 2. The molecule has 0 aliphatic carbocycles. The van der Waals surface area contributed by atoms with Gasteiger partial charge in [0.1, 0.15) is 11.5 Å². The topological polar surface area (TPSA) is 123 Å². The Labute approximate surface area is 197 Å². The number of carbonyl (C=O) groups is 1. The first-order valence-corrected chi connectivity index (χ1v) is 12.1. The predicted molar refractivity (Wildman–Crippen MR) is 129 cm³/mol. The zero-order valence-electron chi connectivity index (χ0n) is 18.1. The van der Waals surface area contributed by atoms with Gasteiger partial charge in [-0.3, -0.25) is 14.8 Å². The fourth-order valence-electron chi connectivity index (χ4n) is 2.77. The lowest BCUT2D eigenvalue weighted by Crippen LogP contribution is -2.34. The molecule has 0 unspecified atom stereocenters. The van der Waals surface area contributed by atoms with E-state index in [4.69, 9.17) is 21.5 Å². The second kappa shape index (κ2) is 10.9. The van der Waals surface area contributed by atoms with Gasteiger partial charge in [0.15, 0.2) is 10.9 Å². The predicted octanol–water partition coefficient (Wildman–Crippen LogP) is 4.09. The molecule has 0 spiro atoms. The zero-order chi connectivity index (χ0) is 23.8. The second-order valence-electron chi connectivity index (χ2n) is 7.06. The first kappa shape index (κ1) is 24.2. The third-order valence-corrected chi connectivity index (χ3v) is 5.98. The maximum absolute atomic E-state index is 12.6. The van der Waals surface area contributed by atoms with Crippen LogP contribution in [0.25, 0.3) is 0 Å². The molecule has 1 amide bonds. The van der Waals surface area contributed by atoms with Crippen LogP contribution in [0, 0.1) is 6.92 Å². The number of hydrogen-bond acceptors (Lipinski definition) is 7. The monoisotopic (exact) mass is 488 g/mol. The third-order valence-electron chi connectivity index (χ3n) is 4.40. The van der Waals surface area contributed by atoms with Crippen LogP contribution in [0.3, 0.4) is 0 Å². The molecule has 0 aliphatic rings. The summed E-state index contributed by atoms with van der Waals surface area (Å²) in [6.45, 7) is 4.23. The number of anilines is 2. The standard InChI is InChI=1S/C22H24N4O5S2/c1-3-4-13-30-19-8-6-5-7-18(19)21(27)24-22(32)23-16-9-11-17(12-10-16)33(28,29)26-20-14-15(2)31-25-20/h5-12,14H,3-4,13H2,1-2H3,(H,25,26)(H2,23,24,27,32). The first-order valence-electron chi connectivity index (χ1n) is 10.2. The number of rotatable bonds is 9. The molecule has 0 saturated heterocycles. The SMILES string of the molecule is CCCCOc1ccccc1C(=O)NC(=S)Nc1ccc(S(=O)(=O)Nc2cc(C)on2)cc1. The van der Waals surface area contributed by atoms with Gasteiger partial charge < -0.3 is 14.6 Å². The highest BCUT2D eigenvalue weighted by Gasteiger charge is 2.17. The highest BCUT2D eigenvalue weighted by Crippen LogP contribution is 2.20. The van der Waals surface area contributed by atoms with Gasteiger partial charge in [-0.05, 0) is 62.0 Å². The van der Waals surface area contributed by atoms with Crippen LogP contribution in [0.15, 0.2) is 64.0 Å². The first-order chi connectivity index (χ1) is 15.8. The van der Waals surface area contributed by atoms with Gasteiger partial charge in [-0.1, -0.05) is 30.6 Å². The second-order valence-corrected chi connectivity index (χ2v) is 9.15. The number of nitrogens with zero attached hydrogens (tertiary/aromatic N) is 1. The number of nitrogens with one attached hydrogen (secondary N) is 3. The summed E-state index contributed by atoms with van der Waals surface area (Å²) in [5.41, 5.74) is 0.873. The minimum absolute atomic E-state index is 0.0295. The van der Waals surface area contributed by atoms with Gasteiger partial charge in [-0.25, -0.2) is 8.42 Å². The molecule has 0 radical (unpaired) electrons. The fourth-order valence-corrected chi connectivity index (χ4v) is 3.96. The van der Waals surface area contributed by atoms with Gasteiger partial charge in [-0.15, -0.1) is 0 Å². The molecule has 1 heterocycles. The normalized spacial score (nSPS) is 11.0. The quantitative estimate of drug-likeness (QED) is 0.304. The van der Waals surface area contributed by atoms with Crippen molar-refractivity contribution in [3.63, 3.8) is 0 Å². The molecule has 33 heavy (non-hydrogen) atoms. The largest absolute Gasteiger partial charge is 0.493 e. The van der Waals surface area contributed by atoms with Crippen LogP contribution in [-0.4, -0.2) is 31.2 Å². The molecule has 3 rings (SSSR count). The van der Waals surface area contributed by atoms with Crippen LogP contribution in [0.2, 0.25) is 0 Å². The summed E-state index contributed by atoms with van der Waals surface area (Å²) in [5.74, 6) is 0.650. The van der Waals surface area contributed by atoms with Gasteiger partial charge >= 0.3 is 0 Å². The minimum Gasteiger partial charge on any atom is -0.493 e. The number of ether oxygens (including phenoxy) is 1. The Balaban J connectivity index is 1.60. The molecule has 0 bridgehead atoms. The zero-order valence-corrected chi connectivity index (χ0v) is 19.8. The smallest absolute Gasteiger partial charge is 0.263 e. The van der Waals surface area contributed by atoms with Crippen molar-refractivity contribution >= 4 is 44.8 Å². The number of sulfonamides is 1. The van der Waals surface area contributed by atoms with E-state index in [0.29, 0.717) is 29.4 Å². The lowest BCUT2D eigenvalue weighted by molar-refractivity contribution is 0.0973. The molecule has 0 aliphatic heterocycles. The number of carbonyl (C=O) groups excluding carboxylic acids is 1. The van der Waals surface area contributed by atoms with Gasteiger partial charge in [-0.2, -0.15) is 0 Å². The molecule has 9 nitrogen and oxygen atoms in total. The fraction of sp³-hybridized carbons (Fsp3) is 0.227. The van der Waals surface area contributed by atoms with Crippen molar-refractivity contribution in [2.75, 3.05) is 16.6 Å². The third kappa shape index (κ3) is 6.77. The van der Waals surface area contributed by atoms with E-state index in [1.807, 2.05) is 0 Å². The molecule has 0 atom stereocenters. The maximum Gasteiger partial charge on any atom is 0.263 e. The van der Waals surface area contributed by atoms with E-state index < -0.39 is 15.9 Å². The Morgan fingerprint density at radius 2 is 1.88 bits per heavy atom. The minimum atomic E-state index is -3.83. The van der Waals surface area contributed by atoms with E-state index in [9.17, 15) is 13.2 Å². The molecular weight excluding hydrogens is 464 g/mol. The van der Waals surface area contributed by atoms with Crippen LogP contribution in [0.4, 0.5) is 11.5 Å². The van der Waals surface area contributed by atoms with E-state index in [1.54, 1.807) is 31.2 Å². The Morgan fingerprint density at radius 3 is 2.55 bits per heavy atom. The summed E-state index contributed by atoms with van der Waals surface area (Å²) in [5, 5.41) is 9.15. The van der Waals surface area contributed by atoms with E-state index in [-0.39, 0.29) is 15.8 Å². The molecule has 2 aromatic carbocycles. The molecule has 3 N–H and O–H groups in total. The number of aryl methyl sites for hydroxylation is 1. The summed E-state index contributed by atoms with van der Waals surface area (Å²) in [6.07, 6.45) is 1.87. The van der Waals surface area contributed by atoms with Gasteiger partial charge in [0.05, 0.1) is 17.1 Å². The van der Waals surface area contributed by atoms with E-state index >= 15 is 0 Å². The van der Waals surface area contributed by atoms with Gasteiger partial charge in [0.25, 0.3) is 15.9 Å². The molecule has 11 heteroatoms. The van der Waals surface area contributed by atoms with Crippen molar-refractivity contribution < 1.29 is 22.5 Å². The van der Waals surface area contributed by atoms with E-state index in [1.165, 1.54) is 30.3 Å². The van der Waals surface area contributed by atoms with Crippen molar-refractivity contribution in [2.24, 2.45) is 0 Å². The number of thiocarbonyl (C=S) groups is 1. The van der Waals surface area contributed by atoms with Crippen molar-refractivity contribution in [3.8, 4) is 5.75 Å². The summed E-state index contributed by atoms with van der Waals surface area (Å²) >= 11 is 5.22. The van der Waals surface area contributed by atoms with Crippen molar-refractivity contribution in [3.05, 3.63) is 65.9 Å².